The maximum atomic E-state index is 4.31. The highest BCUT2D eigenvalue weighted by molar-refractivity contribution is 5.37. The fourth-order valence-corrected chi connectivity index (χ4v) is 3.23. The second-order valence-corrected chi connectivity index (χ2v) is 5.96. The Balaban J connectivity index is 1.54. The van der Waals surface area contributed by atoms with Crippen molar-refractivity contribution < 1.29 is 0 Å². The van der Waals surface area contributed by atoms with Gasteiger partial charge in [-0.05, 0) is 37.9 Å². The van der Waals surface area contributed by atoms with E-state index < -0.39 is 0 Å². The first-order valence-corrected chi connectivity index (χ1v) is 7.87. The molecule has 0 spiro atoms. The van der Waals surface area contributed by atoms with Gasteiger partial charge in [-0.3, -0.25) is 4.40 Å². The molecule has 2 heterocycles. The van der Waals surface area contributed by atoms with E-state index in [-0.39, 0.29) is 6.04 Å². The predicted molar refractivity (Wildman–Crippen MR) is 80.6 cm³/mol. The molecule has 1 fully saturated rings. The molecule has 4 heteroatoms. The fraction of sp³-hybridized carbons (Fsp3) is 0.625. The number of rotatable bonds is 5. The molecule has 0 saturated heterocycles. The highest BCUT2D eigenvalue weighted by Crippen LogP contribution is 2.26. The summed E-state index contributed by atoms with van der Waals surface area (Å²) in [7, 11) is 0. The minimum atomic E-state index is 0.246. The number of hydrogen-bond donors (Lipinski definition) is 1. The lowest BCUT2D eigenvalue weighted by Gasteiger charge is -2.22. The van der Waals surface area contributed by atoms with Gasteiger partial charge in [0.2, 0.25) is 0 Å². The Morgan fingerprint density at radius 1 is 1.25 bits per heavy atom. The Hall–Kier alpha value is -1.42. The molecule has 0 radical (unpaired) electrons. The summed E-state index contributed by atoms with van der Waals surface area (Å²) in [5, 5.41) is 12.1. The SMILES string of the molecule is CC(NCCC1CCCCC1)c1nnc2ccccn12. The van der Waals surface area contributed by atoms with E-state index in [1.807, 2.05) is 24.4 Å². The van der Waals surface area contributed by atoms with Gasteiger partial charge in [-0.2, -0.15) is 0 Å². The molecule has 1 unspecified atom stereocenters. The van der Waals surface area contributed by atoms with Crippen molar-refractivity contribution in [1.82, 2.24) is 19.9 Å². The highest BCUT2D eigenvalue weighted by atomic mass is 15.3. The van der Waals surface area contributed by atoms with E-state index in [4.69, 9.17) is 0 Å². The van der Waals surface area contributed by atoms with Crippen molar-refractivity contribution in [2.24, 2.45) is 5.92 Å². The summed E-state index contributed by atoms with van der Waals surface area (Å²) in [5.41, 5.74) is 0.920. The first-order chi connectivity index (χ1) is 9.84. The molecule has 0 amide bonds. The molecule has 0 bridgehead atoms. The molecule has 1 atom stereocenters. The molecule has 20 heavy (non-hydrogen) atoms. The Kier molecular flexibility index (Phi) is 4.31. The molecular formula is C16H24N4. The lowest BCUT2D eigenvalue weighted by molar-refractivity contribution is 0.328. The fourth-order valence-electron chi connectivity index (χ4n) is 3.23. The summed E-state index contributed by atoms with van der Waals surface area (Å²) in [6.45, 7) is 3.25. The van der Waals surface area contributed by atoms with Crippen LogP contribution in [-0.4, -0.2) is 21.1 Å². The Morgan fingerprint density at radius 2 is 2.10 bits per heavy atom. The largest absolute Gasteiger partial charge is 0.308 e. The van der Waals surface area contributed by atoms with Crippen LogP contribution >= 0.6 is 0 Å². The molecule has 2 aromatic heterocycles. The summed E-state index contributed by atoms with van der Waals surface area (Å²) < 4.78 is 2.07. The molecule has 4 nitrogen and oxygen atoms in total. The van der Waals surface area contributed by atoms with E-state index in [0.29, 0.717) is 0 Å². The van der Waals surface area contributed by atoms with Crippen LogP contribution in [0, 0.1) is 5.92 Å². The number of nitrogens with one attached hydrogen (secondary N) is 1. The normalized spacial score (nSPS) is 18.4. The smallest absolute Gasteiger partial charge is 0.160 e. The van der Waals surface area contributed by atoms with Crippen molar-refractivity contribution in [3.8, 4) is 0 Å². The summed E-state index contributed by atoms with van der Waals surface area (Å²) in [6, 6.07) is 6.26. The first-order valence-electron chi connectivity index (χ1n) is 7.87. The van der Waals surface area contributed by atoms with Crippen molar-refractivity contribution >= 4 is 5.65 Å². The standard InChI is InChI=1S/C16H24N4/c1-13(17-11-10-14-7-3-2-4-8-14)16-19-18-15-9-5-6-12-20(15)16/h5-6,9,12-14,17H,2-4,7-8,10-11H2,1H3. The Bertz CT molecular complexity index is 542. The maximum absolute atomic E-state index is 4.31. The minimum Gasteiger partial charge on any atom is -0.308 e. The zero-order chi connectivity index (χ0) is 13.8. The lowest BCUT2D eigenvalue weighted by atomic mass is 9.87. The molecular weight excluding hydrogens is 248 g/mol. The van der Waals surface area contributed by atoms with Crippen LogP contribution < -0.4 is 5.32 Å². The third kappa shape index (κ3) is 3.01. The van der Waals surface area contributed by atoms with Gasteiger partial charge in [0.25, 0.3) is 0 Å². The quantitative estimate of drug-likeness (QED) is 0.907. The molecule has 108 valence electrons. The number of nitrogens with zero attached hydrogens (tertiary/aromatic N) is 3. The van der Waals surface area contributed by atoms with Gasteiger partial charge < -0.3 is 5.32 Å². The van der Waals surface area contributed by atoms with Crippen molar-refractivity contribution in [3.05, 3.63) is 30.2 Å². The molecule has 3 rings (SSSR count). The van der Waals surface area contributed by atoms with E-state index in [0.717, 1.165) is 23.9 Å². The van der Waals surface area contributed by atoms with E-state index in [9.17, 15) is 0 Å². The molecule has 0 aromatic carbocycles. The zero-order valence-corrected chi connectivity index (χ0v) is 12.3. The highest BCUT2D eigenvalue weighted by Gasteiger charge is 2.15. The van der Waals surface area contributed by atoms with Crippen molar-refractivity contribution in [2.75, 3.05) is 6.54 Å². The van der Waals surface area contributed by atoms with Crippen LogP contribution in [0.1, 0.15) is 57.3 Å². The van der Waals surface area contributed by atoms with E-state index in [2.05, 4.69) is 26.8 Å². The van der Waals surface area contributed by atoms with Crippen molar-refractivity contribution in [3.63, 3.8) is 0 Å². The summed E-state index contributed by atoms with van der Waals surface area (Å²) in [4.78, 5) is 0. The van der Waals surface area contributed by atoms with Crippen LogP contribution in [0.5, 0.6) is 0 Å². The second-order valence-electron chi connectivity index (χ2n) is 5.96. The average Bonchev–Trinajstić information content (AvgIpc) is 2.92. The van der Waals surface area contributed by atoms with Gasteiger partial charge in [-0.1, -0.05) is 38.2 Å². The van der Waals surface area contributed by atoms with Gasteiger partial charge in [0.15, 0.2) is 11.5 Å². The number of pyridine rings is 1. The van der Waals surface area contributed by atoms with Gasteiger partial charge in [-0.25, -0.2) is 0 Å². The van der Waals surface area contributed by atoms with Gasteiger partial charge in [0.1, 0.15) is 0 Å². The third-order valence-corrected chi connectivity index (χ3v) is 4.46. The number of fused-ring (bicyclic) bond motifs is 1. The van der Waals surface area contributed by atoms with E-state index in [1.54, 1.807) is 0 Å². The molecule has 0 aliphatic heterocycles. The Morgan fingerprint density at radius 3 is 2.95 bits per heavy atom. The zero-order valence-electron chi connectivity index (χ0n) is 12.3. The lowest BCUT2D eigenvalue weighted by Crippen LogP contribution is -2.24. The van der Waals surface area contributed by atoms with Crippen LogP contribution in [0.4, 0.5) is 0 Å². The van der Waals surface area contributed by atoms with Crippen LogP contribution in [-0.2, 0) is 0 Å². The predicted octanol–water partition coefficient (Wildman–Crippen LogP) is 3.35. The van der Waals surface area contributed by atoms with Gasteiger partial charge >= 0.3 is 0 Å². The van der Waals surface area contributed by atoms with Gasteiger partial charge in [0, 0.05) is 6.20 Å². The van der Waals surface area contributed by atoms with Crippen molar-refractivity contribution in [2.45, 2.75) is 51.5 Å². The Labute approximate surface area is 120 Å². The van der Waals surface area contributed by atoms with E-state index in [1.165, 1.54) is 38.5 Å². The van der Waals surface area contributed by atoms with Crippen LogP contribution in [0.2, 0.25) is 0 Å². The van der Waals surface area contributed by atoms with Crippen LogP contribution in [0.25, 0.3) is 5.65 Å². The average molecular weight is 272 g/mol. The summed E-state index contributed by atoms with van der Waals surface area (Å²) >= 11 is 0. The molecule has 1 aliphatic rings. The second kappa shape index (κ2) is 6.35. The van der Waals surface area contributed by atoms with E-state index >= 15 is 0 Å². The molecule has 2 aromatic rings. The summed E-state index contributed by atoms with van der Waals surface area (Å²) in [6.07, 6.45) is 10.5. The van der Waals surface area contributed by atoms with Gasteiger partial charge in [0.05, 0.1) is 6.04 Å². The van der Waals surface area contributed by atoms with Crippen molar-refractivity contribution in [1.29, 1.82) is 0 Å². The topological polar surface area (TPSA) is 42.2 Å². The molecule has 1 N–H and O–H groups in total. The maximum Gasteiger partial charge on any atom is 0.160 e. The first kappa shape index (κ1) is 13.6. The number of hydrogen-bond acceptors (Lipinski definition) is 3. The van der Waals surface area contributed by atoms with Crippen LogP contribution in [0.3, 0.4) is 0 Å². The van der Waals surface area contributed by atoms with Crippen LogP contribution in [0.15, 0.2) is 24.4 Å². The third-order valence-electron chi connectivity index (χ3n) is 4.46. The monoisotopic (exact) mass is 272 g/mol. The van der Waals surface area contributed by atoms with Gasteiger partial charge in [-0.15, -0.1) is 10.2 Å². The summed E-state index contributed by atoms with van der Waals surface area (Å²) in [5.74, 6) is 1.93. The molecule has 1 aliphatic carbocycles. The number of aromatic nitrogens is 3. The molecule has 1 saturated carbocycles. The minimum absolute atomic E-state index is 0.246.